The van der Waals surface area contributed by atoms with Gasteiger partial charge in [0.15, 0.2) is 0 Å². The van der Waals surface area contributed by atoms with Crippen LogP contribution in [0, 0.1) is 5.41 Å². The van der Waals surface area contributed by atoms with Gasteiger partial charge in [-0.3, -0.25) is 4.79 Å². The molecule has 196 valence electrons. The molecule has 1 N–H and O–H groups in total. The summed E-state index contributed by atoms with van der Waals surface area (Å²) in [4.78, 5) is 11.1. The van der Waals surface area contributed by atoms with Crippen LogP contribution in [0.1, 0.15) is 141 Å². The van der Waals surface area contributed by atoms with Crippen LogP contribution < -0.4 is 0 Å². The molecule has 0 radical (unpaired) electrons. The van der Waals surface area contributed by atoms with Crippen molar-refractivity contribution in [3.8, 4) is 0 Å². The van der Waals surface area contributed by atoms with Crippen molar-refractivity contribution < 1.29 is 14.6 Å². The second-order valence-electron chi connectivity index (χ2n) is 10.8. The largest absolute Gasteiger partial charge is 0.481 e. The van der Waals surface area contributed by atoms with Gasteiger partial charge in [0, 0.05) is 6.61 Å². The number of hydrogen-bond acceptors (Lipinski definition) is 2. The van der Waals surface area contributed by atoms with E-state index < -0.39 is 11.4 Å². The number of aliphatic carboxylic acids is 1. The lowest BCUT2D eigenvalue weighted by Gasteiger charge is -2.18. The molecule has 3 heteroatoms. The number of carbonyl (C=O) groups is 1. The molecule has 0 spiro atoms. The molecule has 0 atom stereocenters. The lowest BCUT2D eigenvalue weighted by molar-refractivity contribution is -0.147. The van der Waals surface area contributed by atoms with Gasteiger partial charge in [-0.15, -0.1) is 0 Å². The van der Waals surface area contributed by atoms with Gasteiger partial charge < -0.3 is 9.84 Å². The van der Waals surface area contributed by atoms with Crippen molar-refractivity contribution in [2.75, 3.05) is 6.61 Å². The molecule has 0 aromatic heterocycles. The number of carboxylic acid groups (broad SMARTS) is 1. The third-order valence-corrected chi connectivity index (χ3v) is 7.03. The van der Waals surface area contributed by atoms with Crippen LogP contribution in [0.25, 0.3) is 0 Å². The van der Waals surface area contributed by atoms with Crippen LogP contribution in [-0.4, -0.2) is 17.7 Å². The lowest BCUT2D eigenvalue weighted by atomic mass is 9.87. The maximum Gasteiger partial charge on any atom is 0.309 e. The highest BCUT2D eigenvalue weighted by Gasteiger charge is 2.25. The Morgan fingerprint density at radius 3 is 1.44 bits per heavy atom. The first-order chi connectivity index (χ1) is 16.5. The molecule has 0 aliphatic carbocycles. The van der Waals surface area contributed by atoms with Crippen molar-refractivity contribution in [3.63, 3.8) is 0 Å². The van der Waals surface area contributed by atoms with Crippen molar-refractivity contribution in [1.29, 1.82) is 0 Å². The summed E-state index contributed by atoms with van der Waals surface area (Å²) in [6.45, 7) is 5.31. The second kappa shape index (κ2) is 21.0. The molecule has 1 aromatic rings. The molecule has 0 saturated carbocycles. The van der Waals surface area contributed by atoms with Crippen molar-refractivity contribution >= 4 is 5.97 Å². The molecule has 1 rings (SSSR count). The van der Waals surface area contributed by atoms with E-state index in [1.54, 1.807) is 0 Å². The van der Waals surface area contributed by atoms with Crippen LogP contribution in [0.5, 0.6) is 0 Å². The van der Waals surface area contributed by atoms with Gasteiger partial charge in [-0.2, -0.15) is 0 Å². The summed E-state index contributed by atoms with van der Waals surface area (Å²) in [5.41, 5.74) is 0.712. The molecular formula is C31H54O3. The lowest BCUT2D eigenvalue weighted by Crippen LogP contribution is -2.23. The number of carboxylic acids is 1. The summed E-state index contributed by atoms with van der Waals surface area (Å²) in [6.07, 6.45) is 24.8. The van der Waals surface area contributed by atoms with Crippen LogP contribution in [-0.2, 0) is 16.1 Å². The summed E-state index contributed by atoms with van der Waals surface area (Å²) in [5.74, 6) is -0.667. The SMILES string of the molecule is CC(C)(CCCCCCCCCCCCCCCCCCCCOCc1ccccc1)C(=O)O. The van der Waals surface area contributed by atoms with Crippen LogP contribution in [0.15, 0.2) is 30.3 Å². The van der Waals surface area contributed by atoms with E-state index in [0.717, 1.165) is 26.1 Å². The molecule has 1 aromatic carbocycles. The van der Waals surface area contributed by atoms with Gasteiger partial charge in [-0.05, 0) is 32.3 Å². The minimum Gasteiger partial charge on any atom is -0.481 e. The third kappa shape index (κ3) is 18.0. The molecule has 0 amide bonds. The first-order valence-electron chi connectivity index (χ1n) is 14.4. The zero-order valence-corrected chi connectivity index (χ0v) is 22.5. The number of rotatable bonds is 24. The summed E-state index contributed by atoms with van der Waals surface area (Å²) in [5, 5.41) is 9.13. The van der Waals surface area contributed by atoms with Crippen LogP contribution in [0.2, 0.25) is 0 Å². The summed E-state index contributed by atoms with van der Waals surface area (Å²) in [7, 11) is 0. The Hall–Kier alpha value is -1.35. The van der Waals surface area contributed by atoms with Crippen LogP contribution in [0.3, 0.4) is 0 Å². The maximum absolute atomic E-state index is 11.1. The minimum absolute atomic E-state index is 0.557. The highest BCUT2D eigenvalue weighted by Crippen LogP contribution is 2.24. The van der Waals surface area contributed by atoms with E-state index >= 15 is 0 Å². The summed E-state index contributed by atoms with van der Waals surface area (Å²) >= 11 is 0. The Bertz CT molecular complexity index is 582. The fraction of sp³-hybridized carbons (Fsp3) is 0.774. The number of benzene rings is 1. The van der Waals surface area contributed by atoms with Crippen molar-refractivity contribution in [2.24, 2.45) is 5.41 Å². The molecule has 0 heterocycles. The fourth-order valence-corrected chi connectivity index (χ4v) is 4.47. The number of unbranched alkanes of at least 4 members (excludes halogenated alkanes) is 17. The van der Waals surface area contributed by atoms with E-state index in [2.05, 4.69) is 24.3 Å². The first kappa shape index (κ1) is 30.7. The Morgan fingerprint density at radius 2 is 1.03 bits per heavy atom. The van der Waals surface area contributed by atoms with Gasteiger partial charge in [-0.1, -0.05) is 139 Å². The Kier molecular flexibility index (Phi) is 18.9. The zero-order valence-electron chi connectivity index (χ0n) is 22.5. The standard InChI is InChI=1S/C31H54O3/c1-31(2,30(32)33)26-22-17-15-13-11-9-7-5-3-4-6-8-10-12-14-16-18-23-27-34-28-29-24-20-19-21-25-29/h19-21,24-25H,3-18,22-23,26-28H2,1-2H3,(H,32,33). The molecule has 0 bridgehead atoms. The number of ether oxygens (including phenoxy) is 1. The quantitative estimate of drug-likeness (QED) is 0.152. The van der Waals surface area contributed by atoms with Crippen molar-refractivity contribution in [2.45, 2.75) is 142 Å². The predicted octanol–water partition coefficient (Wildman–Crippen LogP) is 9.73. The zero-order chi connectivity index (χ0) is 24.7. The van der Waals surface area contributed by atoms with Gasteiger partial charge in [0.2, 0.25) is 0 Å². The van der Waals surface area contributed by atoms with Gasteiger partial charge in [0.25, 0.3) is 0 Å². The molecule has 0 aliphatic heterocycles. The topological polar surface area (TPSA) is 46.5 Å². The minimum atomic E-state index is -0.667. The Labute approximate surface area is 211 Å². The van der Waals surface area contributed by atoms with Gasteiger partial charge in [0.05, 0.1) is 12.0 Å². The van der Waals surface area contributed by atoms with Crippen LogP contribution >= 0.6 is 0 Å². The Balaban J connectivity index is 1.69. The van der Waals surface area contributed by atoms with Gasteiger partial charge >= 0.3 is 5.97 Å². The molecule has 3 nitrogen and oxygen atoms in total. The molecule has 0 fully saturated rings. The second-order valence-corrected chi connectivity index (χ2v) is 10.8. The van der Waals surface area contributed by atoms with Gasteiger partial charge in [0.1, 0.15) is 0 Å². The molecule has 0 aliphatic rings. The summed E-state index contributed by atoms with van der Waals surface area (Å²) in [6, 6.07) is 10.4. The van der Waals surface area contributed by atoms with E-state index in [0.29, 0.717) is 0 Å². The molecular weight excluding hydrogens is 420 g/mol. The van der Waals surface area contributed by atoms with Gasteiger partial charge in [-0.25, -0.2) is 0 Å². The van der Waals surface area contributed by atoms with Crippen molar-refractivity contribution in [1.82, 2.24) is 0 Å². The smallest absolute Gasteiger partial charge is 0.309 e. The normalized spacial score (nSPS) is 11.7. The molecule has 0 unspecified atom stereocenters. The van der Waals surface area contributed by atoms with Crippen LogP contribution in [0.4, 0.5) is 0 Å². The Morgan fingerprint density at radius 1 is 0.647 bits per heavy atom. The van der Waals surface area contributed by atoms with Crippen molar-refractivity contribution in [3.05, 3.63) is 35.9 Å². The number of hydrogen-bond donors (Lipinski definition) is 1. The van der Waals surface area contributed by atoms with E-state index in [4.69, 9.17) is 9.84 Å². The highest BCUT2D eigenvalue weighted by atomic mass is 16.5. The fourth-order valence-electron chi connectivity index (χ4n) is 4.47. The summed E-state index contributed by atoms with van der Waals surface area (Å²) < 4.78 is 5.75. The monoisotopic (exact) mass is 474 g/mol. The first-order valence-corrected chi connectivity index (χ1v) is 14.4. The average molecular weight is 475 g/mol. The van der Waals surface area contributed by atoms with E-state index in [9.17, 15) is 4.79 Å². The maximum atomic E-state index is 11.1. The molecule has 0 saturated heterocycles. The highest BCUT2D eigenvalue weighted by molar-refractivity contribution is 5.73. The average Bonchev–Trinajstić information content (AvgIpc) is 2.82. The van der Waals surface area contributed by atoms with E-state index in [1.807, 2.05) is 19.9 Å². The van der Waals surface area contributed by atoms with E-state index in [-0.39, 0.29) is 0 Å². The predicted molar refractivity (Wildman–Crippen MR) is 145 cm³/mol. The third-order valence-electron chi connectivity index (χ3n) is 7.03. The van der Waals surface area contributed by atoms with E-state index in [1.165, 1.54) is 115 Å². The molecule has 34 heavy (non-hydrogen) atoms.